The number of piperidine rings is 1. The third kappa shape index (κ3) is 4.98. The van der Waals surface area contributed by atoms with Gasteiger partial charge in [-0.1, -0.05) is 18.2 Å². The van der Waals surface area contributed by atoms with Crippen LogP contribution in [0.1, 0.15) is 58.6 Å². The Morgan fingerprint density at radius 2 is 2.00 bits per heavy atom. The van der Waals surface area contributed by atoms with Crippen LogP contribution in [0.15, 0.2) is 41.2 Å². The van der Waals surface area contributed by atoms with Gasteiger partial charge in [0.15, 0.2) is 0 Å². The Morgan fingerprint density at radius 3 is 2.68 bits per heavy atom. The van der Waals surface area contributed by atoms with Crippen LogP contribution in [0.25, 0.3) is 16.6 Å². The van der Waals surface area contributed by atoms with Gasteiger partial charge in [0, 0.05) is 31.5 Å². The normalized spacial score (nSPS) is 15.4. The quantitative estimate of drug-likeness (QED) is 0.562. The zero-order valence-corrected chi connectivity index (χ0v) is 20.1. The molecule has 2 N–H and O–H groups in total. The average molecular weight is 466 g/mol. The van der Waals surface area contributed by atoms with Gasteiger partial charge in [0.2, 0.25) is 5.91 Å². The number of anilines is 1. The number of allylic oxidation sites excluding steroid dienone is 1. The Labute approximate surface area is 197 Å². The average Bonchev–Trinajstić information content (AvgIpc) is 3.15. The van der Waals surface area contributed by atoms with Gasteiger partial charge in [-0.05, 0) is 52.7 Å². The number of aromatic amines is 1. The number of aromatic nitrogens is 3. The molecule has 1 aliphatic rings. The highest BCUT2D eigenvalue weighted by atomic mass is 16.6. The molecule has 0 unspecified atom stereocenters. The van der Waals surface area contributed by atoms with E-state index in [9.17, 15) is 14.4 Å². The summed E-state index contributed by atoms with van der Waals surface area (Å²) in [5.41, 5.74) is 1.86. The van der Waals surface area contributed by atoms with Crippen LogP contribution < -0.4 is 10.9 Å². The first-order valence-electron chi connectivity index (χ1n) is 11.6. The maximum absolute atomic E-state index is 12.6. The number of rotatable bonds is 4. The molecule has 0 aliphatic carbocycles. The minimum atomic E-state index is -0.540. The molecular weight excluding hydrogens is 434 g/mol. The SMILES string of the molecule is CC=CCC(=O)Nc1cccc2nn3c(C4CCN(C(=O)OC(C)(C)C)CC4)cc(=O)[nH]c3c12. The number of likely N-dealkylation sites (tertiary alicyclic amines) is 1. The smallest absolute Gasteiger partial charge is 0.410 e. The number of amides is 2. The third-order valence-electron chi connectivity index (χ3n) is 5.84. The van der Waals surface area contributed by atoms with Crippen molar-refractivity contribution in [2.24, 2.45) is 0 Å². The van der Waals surface area contributed by atoms with E-state index in [1.165, 1.54) is 0 Å². The van der Waals surface area contributed by atoms with Crippen molar-refractivity contribution in [3.8, 4) is 0 Å². The molecule has 2 amide bonds. The fourth-order valence-electron chi connectivity index (χ4n) is 4.29. The van der Waals surface area contributed by atoms with E-state index in [-0.39, 0.29) is 29.9 Å². The second-order valence-electron chi connectivity index (χ2n) is 9.58. The lowest BCUT2D eigenvalue weighted by atomic mass is 9.93. The van der Waals surface area contributed by atoms with Crippen molar-refractivity contribution in [2.45, 2.75) is 58.5 Å². The molecule has 1 aromatic carbocycles. The Hall–Kier alpha value is -3.62. The first-order chi connectivity index (χ1) is 16.2. The molecule has 180 valence electrons. The van der Waals surface area contributed by atoms with Gasteiger partial charge in [0.05, 0.1) is 22.3 Å². The van der Waals surface area contributed by atoms with E-state index in [4.69, 9.17) is 9.84 Å². The zero-order valence-electron chi connectivity index (χ0n) is 20.1. The predicted molar refractivity (Wildman–Crippen MR) is 131 cm³/mol. The number of nitrogens with zero attached hydrogens (tertiary/aromatic N) is 3. The molecule has 1 saturated heterocycles. The molecule has 34 heavy (non-hydrogen) atoms. The standard InChI is InChI=1S/C25H31N5O4/c1-5-6-10-20(31)26-17-8-7-9-18-22(17)23-27-21(32)15-19(30(23)28-18)16-11-13-29(14-12-16)24(33)34-25(2,3)4/h5-9,15-16H,10-14H2,1-4H3,(H,26,31)(H,27,32). The topological polar surface area (TPSA) is 109 Å². The van der Waals surface area contributed by atoms with E-state index in [1.54, 1.807) is 21.6 Å². The van der Waals surface area contributed by atoms with Crippen molar-refractivity contribution in [3.63, 3.8) is 0 Å². The lowest BCUT2D eigenvalue weighted by Crippen LogP contribution is -2.41. The summed E-state index contributed by atoms with van der Waals surface area (Å²) in [6.07, 6.45) is 4.96. The van der Waals surface area contributed by atoms with Crippen molar-refractivity contribution in [3.05, 3.63) is 52.5 Å². The molecule has 0 radical (unpaired) electrons. The number of carbonyl (C=O) groups is 2. The molecule has 9 nitrogen and oxygen atoms in total. The molecule has 0 atom stereocenters. The number of H-pyrrole nitrogens is 1. The van der Waals surface area contributed by atoms with Crippen LogP contribution in [0.4, 0.5) is 10.5 Å². The van der Waals surface area contributed by atoms with Crippen LogP contribution in [0.5, 0.6) is 0 Å². The summed E-state index contributed by atoms with van der Waals surface area (Å²) < 4.78 is 7.26. The monoisotopic (exact) mass is 465 g/mol. The maximum atomic E-state index is 12.6. The summed E-state index contributed by atoms with van der Waals surface area (Å²) >= 11 is 0. The highest BCUT2D eigenvalue weighted by Crippen LogP contribution is 2.32. The molecule has 0 saturated carbocycles. The van der Waals surface area contributed by atoms with E-state index in [2.05, 4.69) is 10.3 Å². The van der Waals surface area contributed by atoms with Crippen molar-refractivity contribution >= 4 is 34.2 Å². The summed E-state index contributed by atoms with van der Waals surface area (Å²) in [6.45, 7) is 8.50. The zero-order chi connectivity index (χ0) is 24.5. The molecular formula is C25H31N5O4. The second-order valence-corrected chi connectivity index (χ2v) is 9.58. The summed E-state index contributed by atoms with van der Waals surface area (Å²) in [5, 5.41) is 8.37. The predicted octanol–water partition coefficient (Wildman–Crippen LogP) is 4.20. The minimum absolute atomic E-state index is 0.0607. The lowest BCUT2D eigenvalue weighted by Gasteiger charge is -2.33. The Balaban J connectivity index is 1.64. The number of fused-ring (bicyclic) bond motifs is 3. The molecule has 0 spiro atoms. The Bertz CT molecular complexity index is 1310. The van der Waals surface area contributed by atoms with E-state index < -0.39 is 5.60 Å². The fourth-order valence-corrected chi connectivity index (χ4v) is 4.29. The number of carbonyl (C=O) groups excluding carboxylic acids is 2. The largest absolute Gasteiger partial charge is 0.444 e. The molecule has 3 heterocycles. The lowest BCUT2D eigenvalue weighted by molar-refractivity contribution is -0.115. The second kappa shape index (κ2) is 9.32. The summed E-state index contributed by atoms with van der Waals surface area (Å²) in [7, 11) is 0. The van der Waals surface area contributed by atoms with Crippen molar-refractivity contribution in [1.82, 2.24) is 19.5 Å². The van der Waals surface area contributed by atoms with E-state index >= 15 is 0 Å². The number of benzene rings is 1. The summed E-state index contributed by atoms with van der Waals surface area (Å²) in [5.74, 6) is -0.0801. The van der Waals surface area contributed by atoms with Gasteiger partial charge in [-0.25, -0.2) is 9.31 Å². The van der Waals surface area contributed by atoms with Gasteiger partial charge < -0.3 is 19.9 Å². The van der Waals surface area contributed by atoms with Gasteiger partial charge in [-0.2, -0.15) is 5.10 Å². The van der Waals surface area contributed by atoms with Crippen LogP contribution in [-0.2, 0) is 9.53 Å². The number of hydrogen-bond acceptors (Lipinski definition) is 5. The van der Waals surface area contributed by atoms with Gasteiger partial charge in [0.1, 0.15) is 11.2 Å². The van der Waals surface area contributed by atoms with Gasteiger partial charge in [-0.15, -0.1) is 0 Å². The minimum Gasteiger partial charge on any atom is -0.444 e. The van der Waals surface area contributed by atoms with Crippen LogP contribution in [0.2, 0.25) is 0 Å². The molecule has 2 aromatic heterocycles. The first kappa shape index (κ1) is 23.5. The number of hydrogen-bond donors (Lipinski definition) is 2. The van der Waals surface area contributed by atoms with E-state index in [1.807, 2.05) is 52.0 Å². The van der Waals surface area contributed by atoms with Crippen LogP contribution in [-0.4, -0.2) is 50.2 Å². The highest BCUT2D eigenvalue weighted by molar-refractivity contribution is 6.07. The van der Waals surface area contributed by atoms with Crippen LogP contribution >= 0.6 is 0 Å². The molecule has 0 bridgehead atoms. The summed E-state index contributed by atoms with van der Waals surface area (Å²) in [6, 6.07) is 7.08. The van der Waals surface area contributed by atoms with Crippen LogP contribution in [0, 0.1) is 0 Å². The number of ether oxygens (including phenoxy) is 1. The van der Waals surface area contributed by atoms with Gasteiger partial charge in [0.25, 0.3) is 5.56 Å². The van der Waals surface area contributed by atoms with E-state index in [0.717, 1.165) is 5.69 Å². The molecule has 3 aromatic rings. The van der Waals surface area contributed by atoms with Gasteiger partial charge >= 0.3 is 6.09 Å². The molecule has 1 fully saturated rings. The molecule has 9 heteroatoms. The fraction of sp³-hybridized carbons (Fsp3) is 0.440. The maximum Gasteiger partial charge on any atom is 0.410 e. The third-order valence-corrected chi connectivity index (χ3v) is 5.84. The van der Waals surface area contributed by atoms with Crippen molar-refractivity contribution in [1.29, 1.82) is 0 Å². The van der Waals surface area contributed by atoms with Crippen molar-refractivity contribution < 1.29 is 14.3 Å². The first-order valence-corrected chi connectivity index (χ1v) is 11.6. The molecule has 1 aliphatic heterocycles. The Morgan fingerprint density at radius 1 is 1.26 bits per heavy atom. The van der Waals surface area contributed by atoms with E-state index in [0.29, 0.717) is 48.2 Å². The molecule has 4 rings (SSSR count). The summed E-state index contributed by atoms with van der Waals surface area (Å²) in [4.78, 5) is 42.0. The number of nitrogens with one attached hydrogen (secondary N) is 2. The van der Waals surface area contributed by atoms with Crippen LogP contribution in [0.3, 0.4) is 0 Å². The Kier molecular flexibility index (Phi) is 6.45. The van der Waals surface area contributed by atoms with Gasteiger partial charge in [-0.3, -0.25) is 9.59 Å². The highest BCUT2D eigenvalue weighted by Gasteiger charge is 2.29. The van der Waals surface area contributed by atoms with Crippen molar-refractivity contribution in [2.75, 3.05) is 18.4 Å².